The molecule has 0 amide bonds. The molecule has 3 nitrogen and oxygen atoms in total. The van der Waals surface area contributed by atoms with Gasteiger partial charge in [-0.2, -0.15) is 13.2 Å². The zero-order valence-electron chi connectivity index (χ0n) is 5.22. The number of hydrogen-bond donors (Lipinski definition) is 1. The molecule has 0 saturated heterocycles. The molecule has 1 heterocycles. The van der Waals surface area contributed by atoms with E-state index in [2.05, 4.69) is 9.40 Å². The summed E-state index contributed by atoms with van der Waals surface area (Å²) in [5, 5.41) is 8.35. The van der Waals surface area contributed by atoms with E-state index in [0.717, 1.165) is 0 Å². The van der Waals surface area contributed by atoms with E-state index in [1.54, 1.807) is 0 Å². The molecule has 0 atom stereocenters. The summed E-state index contributed by atoms with van der Waals surface area (Å²) in [5.74, 6) is -1.24. The van der Waals surface area contributed by atoms with Crippen molar-refractivity contribution in [1.29, 1.82) is 0 Å². The predicted molar refractivity (Wildman–Crippen MR) is 27.4 cm³/mol. The molecule has 1 N–H and O–H groups in total. The molecule has 0 aliphatic heterocycles. The smallest absolute Gasteiger partial charge is 0.438 e. The van der Waals surface area contributed by atoms with Crippen LogP contribution < -0.4 is 0 Å². The van der Waals surface area contributed by atoms with Crippen molar-refractivity contribution < 1.29 is 22.7 Å². The molecule has 0 unspecified atom stereocenters. The fourth-order valence-corrected chi connectivity index (χ4v) is 0.612. The summed E-state index contributed by atoms with van der Waals surface area (Å²) in [4.78, 5) is 3.16. The molecule has 0 aliphatic rings. The van der Waals surface area contributed by atoms with E-state index in [1.807, 2.05) is 0 Å². The van der Waals surface area contributed by atoms with Crippen LogP contribution in [0.2, 0.25) is 0 Å². The number of hydrogen-bond acceptors (Lipinski definition) is 3. The predicted octanol–water partition coefficient (Wildman–Crippen LogP) is 1.19. The van der Waals surface area contributed by atoms with Crippen LogP contribution in [0.15, 0.2) is 10.8 Å². The van der Waals surface area contributed by atoms with Gasteiger partial charge in [0.15, 0.2) is 6.39 Å². The molecule has 1 aromatic heterocycles. The quantitative estimate of drug-likeness (QED) is 0.683. The van der Waals surface area contributed by atoms with Crippen molar-refractivity contribution in [1.82, 2.24) is 4.98 Å². The van der Waals surface area contributed by atoms with E-state index in [1.165, 1.54) is 0 Å². The summed E-state index contributed by atoms with van der Waals surface area (Å²) in [6.45, 7) is -0.772. The Morgan fingerprint density at radius 2 is 2.18 bits per heavy atom. The van der Waals surface area contributed by atoms with E-state index in [9.17, 15) is 13.2 Å². The van der Waals surface area contributed by atoms with Gasteiger partial charge in [0, 0.05) is 0 Å². The highest BCUT2D eigenvalue weighted by molar-refractivity contribution is 5.09. The fraction of sp³-hybridized carbons (Fsp3) is 0.400. The van der Waals surface area contributed by atoms with Crippen molar-refractivity contribution in [2.24, 2.45) is 0 Å². The number of oxazole rings is 1. The molecule has 0 bridgehead atoms. The van der Waals surface area contributed by atoms with Gasteiger partial charge < -0.3 is 9.52 Å². The van der Waals surface area contributed by atoms with Crippen LogP contribution in [-0.2, 0) is 12.8 Å². The Balaban J connectivity index is 3.02. The Morgan fingerprint density at radius 3 is 2.55 bits per heavy atom. The van der Waals surface area contributed by atoms with Crippen molar-refractivity contribution in [3.05, 3.63) is 17.8 Å². The highest BCUT2D eigenvalue weighted by atomic mass is 19.4. The molecular formula is C5H4F3NO2. The van der Waals surface area contributed by atoms with Crippen molar-refractivity contribution in [2.75, 3.05) is 0 Å². The molecule has 0 radical (unpaired) electrons. The van der Waals surface area contributed by atoms with Crippen LogP contribution in [0.1, 0.15) is 11.5 Å². The van der Waals surface area contributed by atoms with Gasteiger partial charge in [-0.15, -0.1) is 0 Å². The maximum absolute atomic E-state index is 11.8. The van der Waals surface area contributed by atoms with Crippen molar-refractivity contribution in [3.8, 4) is 0 Å². The fourth-order valence-electron chi connectivity index (χ4n) is 0.612. The highest BCUT2D eigenvalue weighted by Gasteiger charge is 2.37. The van der Waals surface area contributed by atoms with Crippen molar-refractivity contribution >= 4 is 0 Å². The van der Waals surface area contributed by atoms with Gasteiger partial charge in [-0.3, -0.25) is 0 Å². The second-order valence-corrected chi connectivity index (χ2v) is 1.78. The molecule has 0 spiro atoms. The SMILES string of the molecule is OCc1ncoc1C(F)(F)F. The normalized spacial score (nSPS) is 12.0. The van der Waals surface area contributed by atoms with Gasteiger partial charge in [0.05, 0.1) is 6.61 Å². The van der Waals surface area contributed by atoms with Gasteiger partial charge in [0.1, 0.15) is 5.69 Å². The Morgan fingerprint density at radius 1 is 1.55 bits per heavy atom. The number of rotatable bonds is 1. The summed E-state index contributed by atoms with van der Waals surface area (Å²) in [6, 6.07) is 0. The van der Waals surface area contributed by atoms with Gasteiger partial charge in [-0.05, 0) is 0 Å². The third-order valence-electron chi connectivity index (χ3n) is 1.05. The highest BCUT2D eigenvalue weighted by Crippen LogP contribution is 2.31. The van der Waals surface area contributed by atoms with Crippen molar-refractivity contribution in [2.45, 2.75) is 12.8 Å². The van der Waals surface area contributed by atoms with Gasteiger partial charge in [0.25, 0.3) is 0 Å². The first kappa shape index (κ1) is 8.06. The molecule has 6 heteroatoms. The lowest BCUT2D eigenvalue weighted by atomic mass is 10.3. The number of aromatic nitrogens is 1. The van der Waals surface area contributed by atoms with Crippen LogP contribution in [0.5, 0.6) is 0 Å². The van der Waals surface area contributed by atoms with Gasteiger partial charge in [-0.25, -0.2) is 4.98 Å². The third kappa shape index (κ3) is 1.51. The lowest BCUT2D eigenvalue weighted by molar-refractivity contribution is -0.154. The lowest BCUT2D eigenvalue weighted by Gasteiger charge is -2.01. The minimum atomic E-state index is -4.57. The Labute approximate surface area is 59.5 Å². The molecule has 1 aromatic rings. The second-order valence-electron chi connectivity index (χ2n) is 1.78. The zero-order chi connectivity index (χ0) is 8.48. The zero-order valence-corrected chi connectivity index (χ0v) is 5.22. The van der Waals surface area contributed by atoms with Crippen LogP contribution in [-0.4, -0.2) is 10.1 Å². The maximum Gasteiger partial charge on any atom is 0.451 e. The first-order chi connectivity index (χ1) is 5.05. The molecule has 0 saturated carbocycles. The summed E-state index contributed by atoms with van der Waals surface area (Å²) in [6.07, 6.45) is -3.93. The van der Waals surface area contributed by atoms with Crippen LogP contribution in [0.4, 0.5) is 13.2 Å². The first-order valence-corrected chi connectivity index (χ1v) is 2.66. The monoisotopic (exact) mass is 167 g/mol. The molecule has 1 rings (SSSR count). The molecule has 0 fully saturated rings. The van der Waals surface area contributed by atoms with Crippen LogP contribution in [0.25, 0.3) is 0 Å². The Kier molecular flexibility index (Phi) is 1.86. The van der Waals surface area contributed by atoms with E-state index in [-0.39, 0.29) is 0 Å². The van der Waals surface area contributed by atoms with E-state index < -0.39 is 24.2 Å². The van der Waals surface area contributed by atoms with Crippen LogP contribution >= 0.6 is 0 Å². The molecular weight excluding hydrogens is 163 g/mol. The van der Waals surface area contributed by atoms with Crippen LogP contribution in [0.3, 0.4) is 0 Å². The van der Waals surface area contributed by atoms with Crippen LogP contribution in [0, 0.1) is 0 Å². The average Bonchev–Trinajstić information content (AvgIpc) is 2.31. The Hall–Kier alpha value is -1.04. The first-order valence-electron chi connectivity index (χ1n) is 2.66. The summed E-state index contributed by atoms with van der Waals surface area (Å²) in [7, 11) is 0. The number of alkyl halides is 3. The summed E-state index contributed by atoms with van der Waals surface area (Å²) < 4.78 is 39.5. The van der Waals surface area contributed by atoms with E-state index in [0.29, 0.717) is 6.39 Å². The van der Waals surface area contributed by atoms with Gasteiger partial charge in [-0.1, -0.05) is 0 Å². The van der Waals surface area contributed by atoms with Gasteiger partial charge in [0.2, 0.25) is 5.76 Å². The topological polar surface area (TPSA) is 46.3 Å². The second kappa shape index (κ2) is 2.54. The van der Waals surface area contributed by atoms with E-state index in [4.69, 9.17) is 5.11 Å². The molecule has 0 aromatic carbocycles. The van der Waals surface area contributed by atoms with Gasteiger partial charge >= 0.3 is 6.18 Å². The lowest BCUT2D eigenvalue weighted by Crippen LogP contribution is -2.06. The standard InChI is InChI=1S/C5H4F3NO2/c6-5(7,8)4-3(1-10)9-2-11-4/h2,10H,1H2. The molecule has 11 heavy (non-hydrogen) atoms. The molecule has 62 valence electrons. The Bertz CT molecular complexity index is 242. The number of aliphatic hydroxyl groups excluding tert-OH is 1. The minimum absolute atomic E-state index is 0.488. The number of nitrogens with zero attached hydrogens (tertiary/aromatic N) is 1. The van der Waals surface area contributed by atoms with E-state index >= 15 is 0 Å². The average molecular weight is 167 g/mol. The summed E-state index contributed by atoms with van der Waals surface area (Å²) >= 11 is 0. The molecule has 0 aliphatic carbocycles. The number of aliphatic hydroxyl groups is 1. The number of halogens is 3. The minimum Gasteiger partial charge on any atom is -0.438 e. The summed E-state index contributed by atoms with van der Waals surface area (Å²) in [5.41, 5.74) is -0.488. The maximum atomic E-state index is 11.8. The van der Waals surface area contributed by atoms with Crippen molar-refractivity contribution in [3.63, 3.8) is 0 Å². The largest absolute Gasteiger partial charge is 0.451 e. The third-order valence-corrected chi connectivity index (χ3v) is 1.05.